The van der Waals surface area contributed by atoms with E-state index in [1.165, 1.54) is 34.5 Å². The number of anilines is 1. The third-order valence-electron chi connectivity index (χ3n) is 8.47. The Balaban J connectivity index is 0.949. The Morgan fingerprint density at radius 3 is 2.26 bits per heavy atom. The Bertz CT molecular complexity index is 1430. The summed E-state index contributed by atoms with van der Waals surface area (Å²) in [4.78, 5) is 10.3. The number of aryl methyl sites for hydroxylation is 1. The summed E-state index contributed by atoms with van der Waals surface area (Å²) in [6.45, 7) is 12.0. The minimum absolute atomic E-state index is 0.908. The summed E-state index contributed by atoms with van der Waals surface area (Å²) in [5.41, 5.74) is 7.17. The molecule has 1 aliphatic carbocycles. The quantitative estimate of drug-likeness (QED) is 0.219. The van der Waals surface area contributed by atoms with Gasteiger partial charge in [0.25, 0.3) is 0 Å². The number of nitrogens with one attached hydrogen (secondary N) is 2. The summed E-state index contributed by atoms with van der Waals surface area (Å²) >= 11 is 0. The van der Waals surface area contributed by atoms with Gasteiger partial charge in [-0.3, -0.25) is 0 Å². The van der Waals surface area contributed by atoms with Gasteiger partial charge in [0.05, 0.1) is 23.7 Å². The Morgan fingerprint density at radius 2 is 1.55 bits per heavy atom. The zero-order valence-electron chi connectivity index (χ0n) is 25.0. The van der Waals surface area contributed by atoms with Crippen LogP contribution in [-0.2, 0) is 6.54 Å². The SMILES string of the molecule is COc1ccc(CNCCCN2CCN(CCCNc3nc4ccccc4n4cc(C)c([C]5[CH][CH][CH][CH]5)c34)CC2)cc1. The monoisotopic (exact) mass is 563 g/mol. The average molecular weight is 564 g/mol. The van der Waals surface area contributed by atoms with Gasteiger partial charge >= 0.3 is 0 Å². The molecule has 1 saturated carbocycles. The molecule has 0 bridgehead atoms. The van der Waals surface area contributed by atoms with Crippen LogP contribution in [0, 0.1) is 38.5 Å². The molecule has 2 aromatic heterocycles. The molecule has 7 heteroatoms. The normalized spacial score (nSPS) is 17.0. The van der Waals surface area contributed by atoms with E-state index < -0.39 is 0 Å². The predicted molar refractivity (Wildman–Crippen MR) is 172 cm³/mol. The third-order valence-corrected chi connectivity index (χ3v) is 8.47. The maximum Gasteiger partial charge on any atom is 0.151 e. The number of hydrogen-bond donors (Lipinski definition) is 2. The van der Waals surface area contributed by atoms with Gasteiger partial charge < -0.3 is 29.6 Å². The third kappa shape index (κ3) is 6.74. The molecule has 0 atom stereocenters. The molecule has 2 aromatic carbocycles. The Kier molecular flexibility index (Phi) is 9.58. The lowest BCUT2D eigenvalue weighted by Crippen LogP contribution is -2.47. The fraction of sp³-hybridized carbons (Fsp3) is 0.371. The standard InChI is InChI=1S/C35H43N6O/c1-27-26-41-32-12-6-5-11-31(32)38-35(34(41)33(27)29-9-3-4-10-29)37-18-8-20-40-23-21-39(22-24-40)19-7-17-36-25-28-13-15-30(42-2)16-14-28/h3-6,9-16,26,36H,7-8,17-25H2,1-2H3,(H,37,38). The van der Waals surface area contributed by atoms with E-state index in [0.717, 1.165) is 87.9 Å². The van der Waals surface area contributed by atoms with Crippen molar-refractivity contribution in [2.75, 3.05) is 64.8 Å². The fourth-order valence-corrected chi connectivity index (χ4v) is 6.17. The minimum Gasteiger partial charge on any atom is -0.497 e. The van der Waals surface area contributed by atoms with Gasteiger partial charge in [-0.2, -0.15) is 0 Å². The molecular formula is C35H43N6O. The van der Waals surface area contributed by atoms with Crippen molar-refractivity contribution >= 4 is 22.4 Å². The van der Waals surface area contributed by atoms with Gasteiger partial charge in [-0.25, -0.2) is 4.98 Å². The van der Waals surface area contributed by atoms with E-state index in [-0.39, 0.29) is 0 Å². The lowest BCUT2D eigenvalue weighted by Gasteiger charge is -2.34. The molecule has 2 fully saturated rings. The van der Waals surface area contributed by atoms with Crippen molar-refractivity contribution in [3.05, 3.63) is 103 Å². The van der Waals surface area contributed by atoms with Gasteiger partial charge in [0.15, 0.2) is 5.82 Å². The molecule has 0 spiro atoms. The van der Waals surface area contributed by atoms with Gasteiger partial charge in [0.1, 0.15) is 5.75 Å². The van der Waals surface area contributed by atoms with Crippen LogP contribution in [0.25, 0.3) is 16.6 Å². The Hall–Kier alpha value is -3.13. The van der Waals surface area contributed by atoms with Crippen molar-refractivity contribution in [3.8, 4) is 5.75 Å². The second kappa shape index (κ2) is 13.9. The van der Waals surface area contributed by atoms with Crippen LogP contribution in [0.4, 0.5) is 5.82 Å². The van der Waals surface area contributed by atoms with Crippen molar-refractivity contribution in [3.63, 3.8) is 0 Å². The molecular weight excluding hydrogens is 520 g/mol. The van der Waals surface area contributed by atoms with E-state index in [2.05, 4.69) is 100 Å². The first-order valence-corrected chi connectivity index (χ1v) is 15.3. The molecule has 0 amide bonds. The topological polar surface area (TPSA) is 57.1 Å². The second-order valence-corrected chi connectivity index (χ2v) is 11.4. The second-order valence-electron chi connectivity index (χ2n) is 11.4. The molecule has 2 aliphatic rings. The summed E-state index contributed by atoms with van der Waals surface area (Å²) in [6.07, 6.45) is 13.1. The number of nitrogens with zero attached hydrogens (tertiary/aromatic N) is 4. The number of hydrogen-bond acceptors (Lipinski definition) is 6. The first-order chi connectivity index (χ1) is 20.7. The van der Waals surface area contributed by atoms with Crippen molar-refractivity contribution in [2.45, 2.75) is 26.3 Å². The fourth-order valence-electron chi connectivity index (χ4n) is 6.17. The van der Waals surface area contributed by atoms with Crippen LogP contribution >= 0.6 is 0 Å². The largest absolute Gasteiger partial charge is 0.497 e. The summed E-state index contributed by atoms with van der Waals surface area (Å²) in [7, 11) is 1.71. The van der Waals surface area contributed by atoms with Crippen LogP contribution < -0.4 is 15.4 Å². The van der Waals surface area contributed by atoms with E-state index in [4.69, 9.17) is 9.72 Å². The highest BCUT2D eigenvalue weighted by atomic mass is 16.5. The van der Waals surface area contributed by atoms with Crippen LogP contribution in [0.2, 0.25) is 0 Å². The molecule has 42 heavy (non-hydrogen) atoms. The summed E-state index contributed by atoms with van der Waals surface area (Å²) < 4.78 is 7.56. The zero-order chi connectivity index (χ0) is 28.7. The van der Waals surface area contributed by atoms with Gasteiger partial charge in [0.2, 0.25) is 0 Å². The lowest BCUT2D eigenvalue weighted by molar-refractivity contribution is 0.131. The highest BCUT2D eigenvalue weighted by molar-refractivity contribution is 5.89. The Morgan fingerprint density at radius 1 is 0.857 bits per heavy atom. The Labute approximate surface area is 251 Å². The number of piperazine rings is 1. The van der Waals surface area contributed by atoms with Gasteiger partial charge in [-0.1, -0.05) is 24.3 Å². The van der Waals surface area contributed by atoms with Crippen molar-refractivity contribution in [1.82, 2.24) is 24.5 Å². The highest BCUT2D eigenvalue weighted by Crippen LogP contribution is 2.39. The molecule has 5 radical (unpaired) electrons. The smallest absolute Gasteiger partial charge is 0.151 e. The highest BCUT2D eigenvalue weighted by Gasteiger charge is 2.26. The first kappa shape index (κ1) is 29.0. The van der Waals surface area contributed by atoms with E-state index in [9.17, 15) is 0 Å². The predicted octanol–water partition coefficient (Wildman–Crippen LogP) is 5.16. The van der Waals surface area contributed by atoms with Crippen LogP contribution in [0.3, 0.4) is 0 Å². The molecule has 4 aromatic rings. The minimum atomic E-state index is 0.908. The summed E-state index contributed by atoms with van der Waals surface area (Å²) in [5, 5.41) is 7.30. The molecule has 2 N–H and O–H groups in total. The maximum absolute atomic E-state index is 5.24. The van der Waals surface area contributed by atoms with Crippen molar-refractivity contribution in [1.29, 1.82) is 0 Å². The van der Waals surface area contributed by atoms with Crippen LogP contribution in [-0.4, -0.2) is 78.7 Å². The van der Waals surface area contributed by atoms with Crippen molar-refractivity contribution < 1.29 is 4.74 Å². The van der Waals surface area contributed by atoms with Crippen molar-refractivity contribution in [2.24, 2.45) is 0 Å². The van der Waals surface area contributed by atoms with E-state index in [1.807, 2.05) is 12.1 Å². The van der Waals surface area contributed by atoms with E-state index in [1.54, 1.807) is 7.11 Å². The first-order valence-electron chi connectivity index (χ1n) is 15.3. The zero-order valence-corrected chi connectivity index (χ0v) is 25.0. The number of methoxy groups -OCH3 is 1. The number of fused-ring (bicyclic) bond motifs is 3. The number of para-hydroxylation sites is 2. The van der Waals surface area contributed by atoms with E-state index in [0.29, 0.717) is 0 Å². The number of benzene rings is 2. The van der Waals surface area contributed by atoms with E-state index >= 15 is 0 Å². The van der Waals surface area contributed by atoms with Crippen LogP contribution in [0.15, 0.2) is 54.7 Å². The van der Waals surface area contributed by atoms with Gasteiger partial charge in [0, 0.05) is 51.4 Å². The molecule has 3 heterocycles. The van der Waals surface area contributed by atoms with Crippen LogP contribution in [0.5, 0.6) is 5.75 Å². The maximum atomic E-state index is 5.24. The van der Waals surface area contributed by atoms with Gasteiger partial charge in [-0.15, -0.1) is 0 Å². The molecule has 7 nitrogen and oxygen atoms in total. The number of rotatable bonds is 13. The lowest BCUT2D eigenvalue weighted by atomic mass is 9.95. The summed E-state index contributed by atoms with van der Waals surface area (Å²) in [6, 6.07) is 16.7. The molecule has 1 aliphatic heterocycles. The molecule has 6 rings (SSSR count). The average Bonchev–Trinajstić information content (AvgIpc) is 3.68. The van der Waals surface area contributed by atoms with Crippen LogP contribution in [0.1, 0.15) is 29.5 Å². The summed E-state index contributed by atoms with van der Waals surface area (Å²) in [5.74, 6) is 3.14. The molecule has 219 valence electrons. The number of aromatic nitrogens is 2. The molecule has 1 saturated heterocycles. The molecule has 0 unspecified atom stereocenters. The van der Waals surface area contributed by atoms with Gasteiger partial charge in [-0.05, 0) is 106 Å². The number of ether oxygens (including phenoxy) is 1.